The third kappa shape index (κ3) is 4.65. The zero-order chi connectivity index (χ0) is 13.7. The molecule has 0 bridgehead atoms. The van der Waals surface area contributed by atoms with Gasteiger partial charge in [0.1, 0.15) is 5.75 Å². The summed E-state index contributed by atoms with van der Waals surface area (Å²) in [5.74, 6) is 0.322. The minimum atomic E-state index is 0.322. The number of aryl methyl sites for hydroxylation is 1. The Hall–Kier alpha value is -1.39. The monoisotopic (exact) mass is 276 g/mol. The van der Waals surface area contributed by atoms with Crippen LogP contribution in [0.25, 0.3) is 0 Å². The molecule has 102 valence electrons. The highest BCUT2D eigenvalue weighted by Crippen LogP contribution is 2.11. The van der Waals surface area contributed by atoms with E-state index in [9.17, 15) is 5.11 Å². The Morgan fingerprint density at radius 1 is 1.32 bits per heavy atom. The van der Waals surface area contributed by atoms with Crippen molar-refractivity contribution in [2.24, 2.45) is 0 Å². The quantitative estimate of drug-likeness (QED) is 0.852. The third-order valence-electron chi connectivity index (χ3n) is 3.02. The average molecular weight is 276 g/mol. The first-order valence-corrected chi connectivity index (χ1v) is 7.44. The standard InChI is InChI=1S/C15H20N2OS/c1-11(9-13-3-5-15(18)6-4-13)16-8-7-14-10-19-12(2)17-14/h3-6,10-11,16,18H,7-9H2,1-2H3. The Bertz CT molecular complexity index is 507. The number of phenolic OH excluding ortho intramolecular Hbond substituents is 1. The van der Waals surface area contributed by atoms with Gasteiger partial charge in [-0.05, 0) is 38.0 Å². The van der Waals surface area contributed by atoms with Crippen LogP contribution in [0.15, 0.2) is 29.6 Å². The molecule has 0 saturated heterocycles. The Morgan fingerprint density at radius 3 is 2.68 bits per heavy atom. The predicted octanol–water partition coefficient (Wildman–Crippen LogP) is 2.92. The van der Waals surface area contributed by atoms with E-state index in [0.717, 1.165) is 24.4 Å². The molecule has 1 unspecified atom stereocenters. The summed E-state index contributed by atoms with van der Waals surface area (Å²) in [6.45, 7) is 5.16. The number of rotatable bonds is 6. The van der Waals surface area contributed by atoms with E-state index in [4.69, 9.17) is 0 Å². The van der Waals surface area contributed by atoms with Gasteiger partial charge in [-0.2, -0.15) is 0 Å². The van der Waals surface area contributed by atoms with E-state index >= 15 is 0 Å². The summed E-state index contributed by atoms with van der Waals surface area (Å²) < 4.78 is 0. The van der Waals surface area contributed by atoms with Gasteiger partial charge in [-0.3, -0.25) is 0 Å². The topological polar surface area (TPSA) is 45.2 Å². The molecule has 2 aromatic rings. The van der Waals surface area contributed by atoms with E-state index in [2.05, 4.69) is 22.6 Å². The maximum Gasteiger partial charge on any atom is 0.115 e. The van der Waals surface area contributed by atoms with Gasteiger partial charge in [0.2, 0.25) is 0 Å². The van der Waals surface area contributed by atoms with Gasteiger partial charge in [0.15, 0.2) is 0 Å². The van der Waals surface area contributed by atoms with E-state index in [0.29, 0.717) is 11.8 Å². The van der Waals surface area contributed by atoms with E-state index < -0.39 is 0 Å². The van der Waals surface area contributed by atoms with Crippen molar-refractivity contribution in [3.8, 4) is 5.75 Å². The van der Waals surface area contributed by atoms with Crippen molar-refractivity contribution in [2.45, 2.75) is 32.7 Å². The van der Waals surface area contributed by atoms with Crippen LogP contribution in [0.1, 0.15) is 23.2 Å². The number of phenols is 1. The van der Waals surface area contributed by atoms with E-state index in [1.54, 1.807) is 23.5 Å². The van der Waals surface area contributed by atoms with Crippen molar-refractivity contribution in [1.82, 2.24) is 10.3 Å². The molecule has 0 aliphatic heterocycles. The first-order valence-electron chi connectivity index (χ1n) is 6.56. The van der Waals surface area contributed by atoms with Gasteiger partial charge in [0.25, 0.3) is 0 Å². The fourth-order valence-electron chi connectivity index (χ4n) is 2.03. The first-order chi connectivity index (χ1) is 9.13. The predicted molar refractivity (Wildman–Crippen MR) is 79.8 cm³/mol. The van der Waals surface area contributed by atoms with Crippen LogP contribution in [0.3, 0.4) is 0 Å². The minimum absolute atomic E-state index is 0.322. The van der Waals surface area contributed by atoms with Gasteiger partial charge in [-0.15, -0.1) is 11.3 Å². The molecule has 19 heavy (non-hydrogen) atoms. The van der Waals surface area contributed by atoms with Crippen LogP contribution in [0, 0.1) is 6.92 Å². The van der Waals surface area contributed by atoms with Crippen LogP contribution >= 0.6 is 11.3 Å². The molecule has 2 N–H and O–H groups in total. The summed E-state index contributed by atoms with van der Waals surface area (Å²) >= 11 is 1.70. The zero-order valence-corrected chi connectivity index (χ0v) is 12.2. The van der Waals surface area contributed by atoms with Crippen molar-refractivity contribution in [2.75, 3.05) is 6.54 Å². The van der Waals surface area contributed by atoms with Gasteiger partial charge < -0.3 is 10.4 Å². The second-order valence-electron chi connectivity index (χ2n) is 4.83. The van der Waals surface area contributed by atoms with Crippen LogP contribution in [0.4, 0.5) is 0 Å². The lowest BCUT2D eigenvalue weighted by atomic mass is 10.1. The van der Waals surface area contributed by atoms with Gasteiger partial charge in [-0.25, -0.2) is 4.98 Å². The highest BCUT2D eigenvalue weighted by Gasteiger charge is 2.04. The highest BCUT2D eigenvalue weighted by atomic mass is 32.1. The fraction of sp³-hybridized carbons (Fsp3) is 0.400. The molecular weight excluding hydrogens is 256 g/mol. The number of nitrogens with zero attached hydrogens (tertiary/aromatic N) is 1. The summed E-state index contributed by atoms with van der Waals surface area (Å²) in [6, 6.07) is 7.83. The first kappa shape index (κ1) is 14.0. The molecule has 0 aliphatic rings. The summed E-state index contributed by atoms with van der Waals surface area (Å²) in [5.41, 5.74) is 2.41. The summed E-state index contributed by atoms with van der Waals surface area (Å²) in [7, 11) is 0. The lowest BCUT2D eigenvalue weighted by molar-refractivity contribution is 0.474. The molecular formula is C15H20N2OS. The van der Waals surface area contributed by atoms with Crippen molar-refractivity contribution in [1.29, 1.82) is 0 Å². The number of aromatic nitrogens is 1. The second kappa shape index (κ2) is 6.68. The third-order valence-corrected chi connectivity index (χ3v) is 3.84. The van der Waals surface area contributed by atoms with Crippen LogP contribution in [0.2, 0.25) is 0 Å². The number of thiazole rings is 1. The molecule has 1 aromatic heterocycles. The van der Waals surface area contributed by atoms with Crippen LogP contribution in [-0.4, -0.2) is 22.7 Å². The Kier molecular flexibility index (Phi) is 4.93. The number of benzene rings is 1. The van der Waals surface area contributed by atoms with Crippen LogP contribution < -0.4 is 5.32 Å². The highest BCUT2D eigenvalue weighted by molar-refractivity contribution is 7.09. The van der Waals surface area contributed by atoms with Crippen molar-refractivity contribution < 1.29 is 5.11 Å². The maximum absolute atomic E-state index is 9.24. The van der Waals surface area contributed by atoms with Gasteiger partial charge >= 0.3 is 0 Å². The molecule has 0 aliphatic carbocycles. The normalized spacial score (nSPS) is 12.5. The molecule has 0 amide bonds. The largest absolute Gasteiger partial charge is 0.508 e. The number of aromatic hydroxyl groups is 1. The molecule has 3 nitrogen and oxygen atoms in total. The lowest BCUT2D eigenvalue weighted by Crippen LogP contribution is -2.30. The molecule has 1 atom stereocenters. The molecule has 2 rings (SSSR count). The van der Waals surface area contributed by atoms with Crippen molar-refractivity contribution in [3.05, 3.63) is 45.9 Å². The molecule has 1 heterocycles. The van der Waals surface area contributed by atoms with E-state index in [1.165, 1.54) is 11.3 Å². The molecule has 0 spiro atoms. The minimum Gasteiger partial charge on any atom is -0.508 e. The van der Waals surface area contributed by atoms with Crippen LogP contribution in [-0.2, 0) is 12.8 Å². The lowest BCUT2D eigenvalue weighted by Gasteiger charge is -2.13. The van der Waals surface area contributed by atoms with Crippen LogP contribution in [0.5, 0.6) is 5.75 Å². The molecule has 0 saturated carbocycles. The van der Waals surface area contributed by atoms with E-state index in [-0.39, 0.29) is 0 Å². The molecule has 4 heteroatoms. The average Bonchev–Trinajstić information content (AvgIpc) is 2.78. The molecule has 0 radical (unpaired) electrons. The number of hydrogen-bond acceptors (Lipinski definition) is 4. The van der Waals surface area contributed by atoms with E-state index in [1.807, 2.05) is 19.1 Å². The van der Waals surface area contributed by atoms with Crippen molar-refractivity contribution >= 4 is 11.3 Å². The number of nitrogens with one attached hydrogen (secondary N) is 1. The SMILES string of the molecule is Cc1nc(CCNC(C)Cc2ccc(O)cc2)cs1. The summed E-state index contributed by atoms with van der Waals surface area (Å²) in [5, 5.41) is 16.0. The smallest absolute Gasteiger partial charge is 0.115 e. The fourth-order valence-corrected chi connectivity index (χ4v) is 2.67. The van der Waals surface area contributed by atoms with Gasteiger partial charge in [0.05, 0.1) is 10.7 Å². The summed E-state index contributed by atoms with van der Waals surface area (Å²) in [6.07, 6.45) is 1.95. The zero-order valence-electron chi connectivity index (χ0n) is 11.4. The van der Waals surface area contributed by atoms with Crippen molar-refractivity contribution in [3.63, 3.8) is 0 Å². The van der Waals surface area contributed by atoms with Gasteiger partial charge in [-0.1, -0.05) is 12.1 Å². The maximum atomic E-state index is 9.24. The molecule has 0 fully saturated rings. The Morgan fingerprint density at radius 2 is 2.05 bits per heavy atom. The van der Waals surface area contributed by atoms with Gasteiger partial charge in [0, 0.05) is 24.4 Å². The Labute approximate surface area is 118 Å². The second-order valence-corrected chi connectivity index (χ2v) is 5.90. The Balaban J connectivity index is 1.72. The summed E-state index contributed by atoms with van der Waals surface area (Å²) in [4.78, 5) is 4.45. The molecule has 1 aromatic carbocycles. The number of hydrogen-bond donors (Lipinski definition) is 2.